The highest BCUT2D eigenvalue weighted by molar-refractivity contribution is 4.95. The summed E-state index contributed by atoms with van der Waals surface area (Å²) < 4.78 is 0. The van der Waals surface area contributed by atoms with E-state index in [0.29, 0.717) is 0 Å². The van der Waals surface area contributed by atoms with Crippen LogP contribution in [-0.4, -0.2) is 41.3 Å². The van der Waals surface area contributed by atoms with Crippen LogP contribution in [0, 0.1) is 5.92 Å². The van der Waals surface area contributed by atoms with Gasteiger partial charge in [0.1, 0.15) is 0 Å². The van der Waals surface area contributed by atoms with Crippen LogP contribution in [0.25, 0.3) is 0 Å². The summed E-state index contributed by atoms with van der Waals surface area (Å²) in [5.41, 5.74) is 6.27. The molecule has 0 radical (unpaired) electrons. The summed E-state index contributed by atoms with van der Waals surface area (Å²) in [6, 6.07) is 0. The van der Waals surface area contributed by atoms with E-state index in [1.54, 1.807) is 0 Å². The summed E-state index contributed by atoms with van der Waals surface area (Å²) in [6.07, 6.45) is 5.72. The molecule has 0 saturated heterocycles. The summed E-state index contributed by atoms with van der Waals surface area (Å²) in [6.45, 7) is 9.18. The molecule has 1 aliphatic rings. The zero-order chi connectivity index (χ0) is 12.9. The standard InChI is InChI=1S/C14H30N2O/c1-4-16(9-7-13(3)17)14(11-15)8-5-6-12(2)10-14/h12-13,17H,4-11,15H2,1-3H3. The zero-order valence-electron chi connectivity index (χ0n) is 11.8. The average Bonchev–Trinajstić information content (AvgIpc) is 2.29. The van der Waals surface area contributed by atoms with E-state index in [2.05, 4.69) is 18.7 Å². The lowest BCUT2D eigenvalue weighted by atomic mass is 9.75. The van der Waals surface area contributed by atoms with Gasteiger partial charge in [-0.3, -0.25) is 4.90 Å². The van der Waals surface area contributed by atoms with Crippen LogP contribution in [0.5, 0.6) is 0 Å². The van der Waals surface area contributed by atoms with Crippen LogP contribution in [0.4, 0.5) is 0 Å². The maximum Gasteiger partial charge on any atom is 0.0524 e. The first-order valence-corrected chi connectivity index (χ1v) is 7.17. The molecule has 0 spiro atoms. The Morgan fingerprint density at radius 1 is 1.53 bits per heavy atom. The second-order valence-electron chi connectivity index (χ2n) is 5.85. The molecule has 1 aliphatic carbocycles. The normalized spacial score (nSPS) is 31.8. The zero-order valence-corrected chi connectivity index (χ0v) is 11.8. The number of aliphatic hydroxyl groups excluding tert-OH is 1. The van der Waals surface area contributed by atoms with Gasteiger partial charge in [-0.15, -0.1) is 0 Å². The van der Waals surface area contributed by atoms with Crippen molar-refractivity contribution in [2.24, 2.45) is 11.7 Å². The fourth-order valence-electron chi connectivity index (χ4n) is 3.31. The van der Waals surface area contributed by atoms with Gasteiger partial charge in [0.15, 0.2) is 0 Å². The van der Waals surface area contributed by atoms with Crippen molar-refractivity contribution < 1.29 is 5.11 Å². The summed E-state index contributed by atoms with van der Waals surface area (Å²) >= 11 is 0. The third-order valence-corrected chi connectivity index (χ3v) is 4.32. The smallest absolute Gasteiger partial charge is 0.0524 e. The summed E-state index contributed by atoms with van der Waals surface area (Å²) in [7, 11) is 0. The molecule has 0 amide bonds. The molecule has 0 heterocycles. The van der Waals surface area contributed by atoms with E-state index in [1.807, 2.05) is 6.92 Å². The molecule has 3 unspecified atom stereocenters. The molecule has 3 nitrogen and oxygen atoms in total. The number of hydrogen-bond donors (Lipinski definition) is 2. The van der Waals surface area contributed by atoms with Gasteiger partial charge in [0.2, 0.25) is 0 Å². The Morgan fingerprint density at radius 3 is 2.71 bits per heavy atom. The summed E-state index contributed by atoms with van der Waals surface area (Å²) in [4.78, 5) is 2.51. The van der Waals surface area contributed by atoms with Gasteiger partial charge in [-0.2, -0.15) is 0 Å². The van der Waals surface area contributed by atoms with Crippen molar-refractivity contribution >= 4 is 0 Å². The fourth-order valence-corrected chi connectivity index (χ4v) is 3.31. The Morgan fingerprint density at radius 2 is 2.24 bits per heavy atom. The van der Waals surface area contributed by atoms with Gasteiger partial charge in [-0.05, 0) is 38.6 Å². The van der Waals surface area contributed by atoms with Gasteiger partial charge in [0.25, 0.3) is 0 Å². The number of rotatable bonds is 6. The predicted molar refractivity (Wildman–Crippen MR) is 73.0 cm³/mol. The van der Waals surface area contributed by atoms with E-state index in [1.165, 1.54) is 25.7 Å². The lowest BCUT2D eigenvalue weighted by Crippen LogP contribution is -2.56. The molecule has 17 heavy (non-hydrogen) atoms. The molecule has 1 fully saturated rings. The Hall–Kier alpha value is -0.120. The van der Waals surface area contributed by atoms with Crippen molar-refractivity contribution in [1.29, 1.82) is 0 Å². The maximum absolute atomic E-state index is 9.45. The predicted octanol–water partition coefficient (Wildman–Crippen LogP) is 1.99. The Balaban J connectivity index is 2.66. The van der Waals surface area contributed by atoms with Gasteiger partial charge in [0, 0.05) is 18.6 Å². The van der Waals surface area contributed by atoms with Crippen molar-refractivity contribution in [3.05, 3.63) is 0 Å². The van der Waals surface area contributed by atoms with Crippen molar-refractivity contribution in [2.75, 3.05) is 19.6 Å². The topological polar surface area (TPSA) is 49.5 Å². The molecular formula is C14H30N2O. The quantitative estimate of drug-likeness (QED) is 0.749. The van der Waals surface area contributed by atoms with E-state index >= 15 is 0 Å². The molecule has 1 saturated carbocycles. The molecule has 1 rings (SSSR count). The van der Waals surface area contributed by atoms with Gasteiger partial charge in [-0.25, -0.2) is 0 Å². The Labute approximate surface area is 106 Å². The highest BCUT2D eigenvalue weighted by Gasteiger charge is 2.38. The molecule has 3 N–H and O–H groups in total. The largest absolute Gasteiger partial charge is 0.393 e. The molecule has 102 valence electrons. The van der Waals surface area contributed by atoms with Gasteiger partial charge in [-0.1, -0.05) is 26.7 Å². The SMILES string of the molecule is CCN(CCC(C)O)C1(CN)CCCC(C)C1. The van der Waals surface area contributed by atoms with E-state index in [-0.39, 0.29) is 11.6 Å². The molecule has 0 bridgehead atoms. The van der Waals surface area contributed by atoms with Gasteiger partial charge < -0.3 is 10.8 Å². The lowest BCUT2D eigenvalue weighted by Gasteiger charge is -2.47. The van der Waals surface area contributed by atoms with Crippen molar-refractivity contribution in [2.45, 2.75) is 64.5 Å². The first-order chi connectivity index (χ1) is 8.04. The van der Waals surface area contributed by atoms with Crippen molar-refractivity contribution in [3.63, 3.8) is 0 Å². The van der Waals surface area contributed by atoms with E-state index in [0.717, 1.165) is 32.0 Å². The second-order valence-corrected chi connectivity index (χ2v) is 5.85. The van der Waals surface area contributed by atoms with Crippen LogP contribution >= 0.6 is 0 Å². The summed E-state index contributed by atoms with van der Waals surface area (Å²) in [5.74, 6) is 0.785. The van der Waals surface area contributed by atoms with Crippen molar-refractivity contribution in [3.8, 4) is 0 Å². The first kappa shape index (κ1) is 14.9. The highest BCUT2D eigenvalue weighted by Crippen LogP contribution is 2.36. The minimum atomic E-state index is -0.208. The lowest BCUT2D eigenvalue weighted by molar-refractivity contribution is 0.0320. The Bertz CT molecular complexity index is 220. The monoisotopic (exact) mass is 242 g/mol. The minimum Gasteiger partial charge on any atom is -0.393 e. The third kappa shape index (κ3) is 3.94. The van der Waals surface area contributed by atoms with Crippen LogP contribution in [0.15, 0.2) is 0 Å². The molecule has 0 aliphatic heterocycles. The van der Waals surface area contributed by atoms with Crippen LogP contribution < -0.4 is 5.73 Å². The maximum atomic E-state index is 9.45. The van der Waals surface area contributed by atoms with Crippen molar-refractivity contribution in [1.82, 2.24) is 4.90 Å². The fraction of sp³-hybridized carbons (Fsp3) is 1.00. The van der Waals surface area contributed by atoms with Gasteiger partial charge >= 0.3 is 0 Å². The molecule has 0 aromatic rings. The van der Waals surface area contributed by atoms with Crippen LogP contribution in [0.3, 0.4) is 0 Å². The average molecular weight is 242 g/mol. The van der Waals surface area contributed by atoms with E-state index in [4.69, 9.17) is 5.73 Å². The Kier molecular flexibility index (Phi) is 5.90. The first-order valence-electron chi connectivity index (χ1n) is 7.17. The molecule has 3 atom stereocenters. The van der Waals surface area contributed by atoms with Crippen LogP contribution in [0.1, 0.15) is 52.9 Å². The number of likely N-dealkylation sites (N-methyl/N-ethyl adjacent to an activating group) is 1. The van der Waals surface area contributed by atoms with Crippen LogP contribution in [-0.2, 0) is 0 Å². The number of nitrogens with zero attached hydrogens (tertiary/aromatic N) is 1. The van der Waals surface area contributed by atoms with Gasteiger partial charge in [0.05, 0.1) is 6.10 Å². The molecule has 0 aromatic heterocycles. The number of hydrogen-bond acceptors (Lipinski definition) is 3. The second kappa shape index (κ2) is 6.72. The number of nitrogens with two attached hydrogens (primary N) is 1. The minimum absolute atomic E-state index is 0.196. The third-order valence-electron chi connectivity index (χ3n) is 4.32. The molecule has 3 heteroatoms. The highest BCUT2D eigenvalue weighted by atomic mass is 16.3. The molecular weight excluding hydrogens is 212 g/mol. The summed E-state index contributed by atoms with van der Waals surface area (Å²) in [5, 5.41) is 9.45. The van der Waals surface area contributed by atoms with E-state index < -0.39 is 0 Å². The van der Waals surface area contributed by atoms with E-state index in [9.17, 15) is 5.11 Å². The molecule has 0 aromatic carbocycles. The number of aliphatic hydroxyl groups is 1. The van der Waals surface area contributed by atoms with Crippen LogP contribution in [0.2, 0.25) is 0 Å².